The highest BCUT2D eigenvalue weighted by atomic mass is 16.6. The summed E-state index contributed by atoms with van der Waals surface area (Å²) in [6.07, 6.45) is 0. The van der Waals surface area contributed by atoms with Crippen molar-refractivity contribution in [1.82, 2.24) is 0 Å². The fourth-order valence-corrected chi connectivity index (χ4v) is 2.42. The first-order valence-corrected chi connectivity index (χ1v) is 8.62. The van der Waals surface area contributed by atoms with Gasteiger partial charge in [0.15, 0.2) is 47.8 Å². The lowest BCUT2D eigenvalue weighted by atomic mass is 10.1. The number of rotatable bonds is 10. The van der Waals surface area contributed by atoms with Crippen molar-refractivity contribution in [2.75, 3.05) is 34.5 Å². The molecule has 0 aliphatic heterocycles. The van der Waals surface area contributed by atoms with Crippen molar-refractivity contribution in [3.63, 3.8) is 0 Å². The van der Waals surface area contributed by atoms with Crippen molar-refractivity contribution in [2.24, 2.45) is 0 Å². The lowest BCUT2D eigenvalue weighted by molar-refractivity contribution is -0.144. The fourth-order valence-electron chi connectivity index (χ4n) is 2.42. The molecule has 2 aromatic rings. The summed E-state index contributed by atoms with van der Waals surface area (Å²) in [5, 5.41) is 0. The van der Waals surface area contributed by atoms with Crippen molar-refractivity contribution in [3.05, 3.63) is 47.5 Å². The van der Waals surface area contributed by atoms with Crippen molar-refractivity contribution >= 4 is 17.5 Å². The Kier molecular flexibility index (Phi) is 7.59. The van der Waals surface area contributed by atoms with Crippen LogP contribution in [0.25, 0.3) is 0 Å². The number of esters is 1. The van der Waals surface area contributed by atoms with E-state index in [0.29, 0.717) is 28.4 Å². The molecule has 29 heavy (non-hydrogen) atoms. The van der Waals surface area contributed by atoms with E-state index in [4.69, 9.17) is 23.7 Å². The molecule has 0 saturated carbocycles. The van der Waals surface area contributed by atoms with Crippen LogP contribution in [0.2, 0.25) is 0 Å². The van der Waals surface area contributed by atoms with Crippen LogP contribution in [0.1, 0.15) is 27.6 Å². The van der Waals surface area contributed by atoms with E-state index in [1.807, 2.05) is 0 Å². The molecule has 0 saturated heterocycles. The Morgan fingerprint density at radius 1 is 0.724 bits per heavy atom. The smallest absolute Gasteiger partial charge is 0.344 e. The number of benzene rings is 2. The third-order valence-electron chi connectivity index (χ3n) is 3.99. The summed E-state index contributed by atoms with van der Waals surface area (Å²) in [7, 11) is 4.37. The van der Waals surface area contributed by atoms with Gasteiger partial charge < -0.3 is 23.7 Å². The van der Waals surface area contributed by atoms with Crippen LogP contribution in [0.5, 0.6) is 23.0 Å². The molecule has 0 atom stereocenters. The Hall–Kier alpha value is -3.55. The predicted octanol–water partition coefficient (Wildman–Crippen LogP) is 2.72. The molecule has 0 aromatic heterocycles. The third-order valence-corrected chi connectivity index (χ3v) is 3.99. The number of hydrogen-bond donors (Lipinski definition) is 0. The molecule has 0 fully saturated rings. The Bertz CT molecular complexity index is 904. The van der Waals surface area contributed by atoms with Crippen LogP contribution in [-0.2, 0) is 9.53 Å². The highest BCUT2D eigenvalue weighted by molar-refractivity contribution is 5.98. The molecule has 8 heteroatoms. The normalized spacial score (nSPS) is 10.1. The van der Waals surface area contributed by atoms with Gasteiger partial charge in [-0.1, -0.05) is 0 Å². The molecule has 2 rings (SSSR count). The molecule has 0 bridgehead atoms. The molecule has 0 radical (unpaired) electrons. The Morgan fingerprint density at radius 3 is 1.90 bits per heavy atom. The van der Waals surface area contributed by atoms with Gasteiger partial charge in [0.05, 0.1) is 21.3 Å². The molecular weight excluding hydrogens is 380 g/mol. The number of carbonyl (C=O) groups excluding carboxylic acids is 3. The van der Waals surface area contributed by atoms with Crippen LogP contribution in [0.3, 0.4) is 0 Å². The van der Waals surface area contributed by atoms with Gasteiger partial charge in [-0.25, -0.2) is 4.79 Å². The summed E-state index contributed by atoms with van der Waals surface area (Å²) in [6, 6.07) is 9.25. The molecule has 8 nitrogen and oxygen atoms in total. The van der Waals surface area contributed by atoms with Gasteiger partial charge in [-0.2, -0.15) is 0 Å². The lowest BCUT2D eigenvalue weighted by Gasteiger charge is -2.11. The SMILES string of the molecule is COc1ccc(C(=O)COC(=O)COc2ccc(C(C)=O)cc2OC)cc1OC. The zero-order valence-corrected chi connectivity index (χ0v) is 16.6. The number of ether oxygens (including phenoxy) is 5. The maximum absolute atomic E-state index is 12.2. The van der Waals surface area contributed by atoms with Gasteiger partial charge in [-0.05, 0) is 43.3 Å². The van der Waals surface area contributed by atoms with Gasteiger partial charge in [0.2, 0.25) is 0 Å². The van der Waals surface area contributed by atoms with Crippen molar-refractivity contribution < 1.29 is 38.1 Å². The first kappa shape index (κ1) is 21.7. The number of hydrogen-bond acceptors (Lipinski definition) is 8. The van der Waals surface area contributed by atoms with E-state index < -0.39 is 25.0 Å². The number of Topliss-reactive ketones (excluding diaryl/α,β-unsaturated/α-hetero) is 2. The minimum atomic E-state index is -0.725. The van der Waals surface area contributed by atoms with Gasteiger partial charge in [-0.3, -0.25) is 9.59 Å². The van der Waals surface area contributed by atoms with E-state index in [1.165, 1.54) is 46.5 Å². The quantitative estimate of drug-likeness (QED) is 0.442. The zero-order valence-electron chi connectivity index (χ0n) is 16.6. The molecule has 0 amide bonds. The lowest BCUT2D eigenvalue weighted by Crippen LogP contribution is -2.19. The zero-order chi connectivity index (χ0) is 21.4. The summed E-state index contributed by atoms with van der Waals surface area (Å²) in [5.74, 6) is 0.225. The van der Waals surface area contributed by atoms with Crippen LogP contribution >= 0.6 is 0 Å². The molecule has 2 aromatic carbocycles. The fraction of sp³-hybridized carbons (Fsp3) is 0.286. The third kappa shape index (κ3) is 5.71. The molecular formula is C21H22O8. The Balaban J connectivity index is 1.92. The van der Waals surface area contributed by atoms with Gasteiger partial charge >= 0.3 is 5.97 Å². The van der Waals surface area contributed by atoms with Crippen LogP contribution < -0.4 is 18.9 Å². The molecule has 0 aliphatic carbocycles. The largest absolute Gasteiger partial charge is 0.493 e. The van der Waals surface area contributed by atoms with E-state index in [0.717, 1.165) is 0 Å². The second-order valence-corrected chi connectivity index (χ2v) is 5.86. The van der Waals surface area contributed by atoms with E-state index >= 15 is 0 Å². The van der Waals surface area contributed by atoms with Gasteiger partial charge in [0.1, 0.15) is 0 Å². The van der Waals surface area contributed by atoms with Gasteiger partial charge in [0.25, 0.3) is 0 Å². The molecule has 0 N–H and O–H groups in total. The summed E-state index contributed by atoms with van der Waals surface area (Å²) in [4.78, 5) is 35.6. The molecule has 0 heterocycles. The number of carbonyl (C=O) groups is 3. The summed E-state index contributed by atoms with van der Waals surface area (Å²) in [5.41, 5.74) is 0.773. The Labute approximate surface area is 168 Å². The first-order valence-electron chi connectivity index (χ1n) is 8.62. The second kappa shape index (κ2) is 10.1. The topological polar surface area (TPSA) is 97.4 Å². The number of ketones is 2. The Morgan fingerprint density at radius 2 is 1.28 bits per heavy atom. The van der Waals surface area contributed by atoms with E-state index in [1.54, 1.807) is 18.2 Å². The average molecular weight is 402 g/mol. The first-order chi connectivity index (χ1) is 13.9. The number of methoxy groups -OCH3 is 3. The van der Waals surface area contributed by atoms with Crippen molar-refractivity contribution in [2.45, 2.75) is 6.92 Å². The molecule has 154 valence electrons. The van der Waals surface area contributed by atoms with Gasteiger partial charge in [-0.15, -0.1) is 0 Å². The highest BCUT2D eigenvalue weighted by Gasteiger charge is 2.15. The minimum Gasteiger partial charge on any atom is -0.493 e. The summed E-state index contributed by atoms with van der Waals surface area (Å²) in [6.45, 7) is 0.565. The van der Waals surface area contributed by atoms with E-state index in [2.05, 4.69) is 0 Å². The van der Waals surface area contributed by atoms with Crippen LogP contribution in [0.15, 0.2) is 36.4 Å². The van der Waals surface area contributed by atoms with Crippen molar-refractivity contribution in [1.29, 1.82) is 0 Å². The molecule has 0 spiro atoms. The maximum Gasteiger partial charge on any atom is 0.344 e. The van der Waals surface area contributed by atoms with E-state index in [9.17, 15) is 14.4 Å². The standard InChI is InChI=1S/C21H22O8/c1-13(22)14-5-8-18(20(9-14)27-4)28-12-21(24)29-11-16(23)15-6-7-17(25-2)19(10-15)26-3/h5-10H,11-12H2,1-4H3. The van der Waals surface area contributed by atoms with Crippen LogP contribution in [-0.4, -0.2) is 52.1 Å². The van der Waals surface area contributed by atoms with Gasteiger partial charge in [0, 0.05) is 11.1 Å². The maximum atomic E-state index is 12.2. The average Bonchev–Trinajstić information content (AvgIpc) is 2.74. The predicted molar refractivity (Wildman–Crippen MR) is 103 cm³/mol. The monoisotopic (exact) mass is 402 g/mol. The summed E-state index contributed by atoms with van der Waals surface area (Å²) < 4.78 is 25.8. The second-order valence-electron chi connectivity index (χ2n) is 5.86. The van der Waals surface area contributed by atoms with Crippen molar-refractivity contribution in [3.8, 4) is 23.0 Å². The van der Waals surface area contributed by atoms with Crippen LogP contribution in [0, 0.1) is 0 Å². The molecule has 0 unspecified atom stereocenters. The molecule has 0 aliphatic rings. The van der Waals surface area contributed by atoms with E-state index in [-0.39, 0.29) is 11.5 Å². The minimum absolute atomic E-state index is 0.122. The van der Waals surface area contributed by atoms with Crippen LogP contribution in [0.4, 0.5) is 0 Å². The highest BCUT2D eigenvalue weighted by Crippen LogP contribution is 2.29. The summed E-state index contributed by atoms with van der Waals surface area (Å²) >= 11 is 0.